The van der Waals surface area contributed by atoms with Gasteiger partial charge in [0.1, 0.15) is 5.82 Å². The van der Waals surface area contributed by atoms with Crippen molar-refractivity contribution in [3.05, 3.63) is 23.9 Å². The highest BCUT2D eigenvalue weighted by Gasteiger charge is 2.19. The van der Waals surface area contributed by atoms with E-state index in [1.165, 1.54) is 44.2 Å². The Morgan fingerprint density at radius 1 is 1.32 bits per heavy atom. The third-order valence-corrected chi connectivity index (χ3v) is 4.04. The summed E-state index contributed by atoms with van der Waals surface area (Å²) in [6, 6.07) is 5.11. The van der Waals surface area contributed by atoms with Crippen molar-refractivity contribution in [2.24, 2.45) is 0 Å². The van der Waals surface area contributed by atoms with Crippen LogP contribution in [0.2, 0.25) is 0 Å². The van der Waals surface area contributed by atoms with Crippen molar-refractivity contribution in [1.82, 2.24) is 9.88 Å². The van der Waals surface area contributed by atoms with Gasteiger partial charge in [-0.2, -0.15) is 0 Å². The zero-order valence-corrected chi connectivity index (χ0v) is 12.4. The van der Waals surface area contributed by atoms with E-state index in [0.717, 1.165) is 24.9 Å². The molecule has 0 aliphatic carbocycles. The van der Waals surface area contributed by atoms with E-state index in [1.807, 2.05) is 6.20 Å². The van der Waals surface area contributed by atoms with Gasteiger partial charge < -0.3 is 5.32 Å². The average molecular weight is 261 g/mol. The Morgan fingerprint density at radius 2 is 2.21 bits per heavy atom. The second-order valence-electron chi connectivity index (χ2n) is 5.46. The summed E-state index contributed by atoms with van der Waals surface area (Å²) in [6.45, 7) is 7.67. The lowest BCUT2D eigenvalue weighted by atomic mass is 10.1. The first-order valence-electron chi connectivity index (χ1n) is 7.76. The van der Waals surface area contributed by atoms with Gasteiger partial charge in [0.15, 0.2) is 0 Å². The van der Waals surface area contributed by atoms with Crippen molar-refractivity contribution in [1.29, 1.82) is 0 Å². The third-order valence-electron chi connectivity index (χ3n) is 4.04. The summed E-state index contributed by atoms with van der Waals surface area (Å²) < 4.78 is 0. The minimum absolute atomic E-state index is 0.762. The molecule has 0 radical (unpaired) electrons. The summed E-state index contributed by atoms with van der Waals surface area (Å²) in [6.07, 6.45) is 8.69. The molecule has 0 saturated carbocycles. The van der Waals surface area contributed by atoms with Crippen LogP contribution in [0.25, 0.3) is 0 Å². The lowest BCUT2D eigenvalue weighted by Crippen LogP contribution is -2.33. The topological polar surface area (TPSA) is 28.2 Å². The molecule has 3 heteroatoms. The molecule has 3 nitrogen and oxygen atoms in total. The smallest absolute Gasteiger partial charge is 0.126 e. The predicted molar refractivity (Wildman–Crippen MR) is 81.4 cm³/mol. The molecule has 1 unspecified atom stereocenters. The molecule has 19 heavy (non-hydrogen) atoms. The van der Waals surface area contributed by atoms with Gasteiger partial charge in [0.25, 0.3) is 0 Å². The first kappa shape index (κ1) is 14.3. The van der Waals surface area contributed by atoms with Crippen LogP contribution >= 0.6 is 0 Å². The fourth-order valence-electron chi connectivity index (χ4n) is 2.99. The van der Waals surface area contributed by atoms with Crippen LogP contribution in [-0.2, 0) is 6.54 Å². The lowest BCUT2D eigenvalue weighted by Gasteiger charge is -2.29. The van der Waals surface area contributed by atoms with Crippen LogP contribution in [0.5, 0.6) is 0 Å². The van der Waals surface area contributed by atoms with Gasteiger partial charge in [-0.1, -0.05) is 19.8 Å². The fraction of sp³-hybridized carbons (Fsp3) is 0.688. The highest BCUT2D eigenvalue weighted by Crippen LogP contribution is 2.21. The van der Waals surface area contributed by atoms with Gasteiger partial charge in [0, 0.05) is 25.3 Å². The summed E-state index contributed by atoms with van der Waals surface area (Å²) >= 11 is 0. The molecule has 1 saturated heterocycles. The summed E-state index contributed by atoms with van der Waals surface area (Å²) in [5.41, 5.74) is 1.38. The number of aromatic nitrogens is 1. The van der Waals surface area contributed by atoms with Crippen LogP contribution in [0.1, 0.15) is 51.5 Å². The molecule has 2 rings (SSSR count). The molecule has 1 aromatic rings. The van der Waals surface area contributed by atoms with Crippen LogP contribution in [0.4, 0.5) is 5.82 Å². The normalized spacial score (nSPS) is 21.1. The Labute approximate surface area is 117 Å². The minimum atomic E-state index is 0.762. The van der Waals surface area contributed by atoms with Gasteiger partial charge in [-0.3, -0.25) is 4.90 Å². The van der Waals surface area contributed by atoms with Gasteiger partial charge in [-0.05, 0) is 50.4 Å². The molecule has 0 aromatic carbocycles. The van der Waals surface area contributed by atoms with E-state index in [0.29, 0.717) is 0 Å². The zero-order valence-electron chi connectivity index (χ0n) is 12.4. The second kappa shape index (κ2) is 7.49. The Morgan fingerprint density at radius 3 is 3.00 bits per heavy atom. The maximum atomic E-state index is 4.35. The van der Waals surface area contributed by atoms with E-state index in [-0.39, 0.29) is 0 Å². The number of hydrogen-bond donors (Lipinski definition) is 1. The molecule has 1 atom stereocenters. The number of anilines is 1. The van der Waals surface area contributed by atoms with Crippen LogP contribution in [0.3, 0.4) is 0 Å². The molecule has 1 aromatic heterocycles. The molecule has 0 amide bonds. The van der Waals surface area contributed by atoms with Gasteiger partial charge in [0.2, 0.25) is 0 Å². The Balaban J connectivity index is 2.03. The van der Waals surface area contributed by atoms with E-state index in [1.54, 1.807) is 0 Å². The Hall–Kier alpha value is -1.09. The highest BCUT2D eigenvalue weighted by atomic mass is 15.2. The SMILES string of the molecule is CCNc1cc(CN2CCCCCC2CC)ccn1. The third kappa shape index (κ3) is 4.20. The van der Waals surface area contributed by atoms with E-state index in [9.17, 15) is 0 Å². The van der Waals surface area contributed by atoms with E-state index in [2.05, 4.69) is 41.2 Å². The lowest BCUT2D eigenvalue weighted by molar-refractivity contribution is 0.186. The molecule has 0 spiro atoms. The van der Waals surface area contributed by atoms with Crippen molar-refractivity contribution in [2.75, 3.05) is 18.4 Å². The molecule has 0 bridgehead atoms. The Kier molecular flexibility index (Phi) is 5.64. The van der Waals surface area contributed by atoms with Gasteiger partial charge in [-0.25, -0.2) is 4.98 Å². The molecule has 106 valence electrons. The molecule has 1 aliphatic heterocycles. The van der Waals surface area contributed by atoms with Crippen LogP contribution < -0.4 is 5.32 Å². The summed E-state index contributed by atoms with van der Waals surface area (Å²) in [7, 11) is 0. The molecular formula is C16H27N3. The number of hydrogen-bond acceptors (Lipinski definition) is 3. The maximum absolute atomic E-state index is 4.35. The zero-order chi connectivity index (χ0) is 13.5. The fourth-order valence-corrected chi connectivity index (χ4v) is 2.99. The highest BCUT2D eigenvalue weighted by molar-refractivity contribution is 5.37. The van der Waals surface area contributed by atoms with E-state index < -0.39 is 0 Å². The number of nitrogens with one attached hydrogen (secondary N) is 1. The molecule has 1 aliphatic rings. The first-order valence-corrected chi connectivity index (χ1v) is 7.76. The molecular weight excluding hydrogens is 234 g/mol. The first-order chi connectivity index (χ1) is 9.33. The van der Waals surface area contributed by atoms with Crippen molar-refractivity contribution in [3.63, 3.8) is 0 Å². The van der Waals surface area contributed by atoms with Crippen LogP contribution in [-0.4, -0.2) is 29.0 Å². The van der Waals surface area contributed by atoms with Crippen molar-refractivity contribution < 1.29 is 0 Å². The summed E-state index contributed by atoms with van der Waals surface area (Å²) in [5, 5.41) is 3.29. The van der Waals surface area contributed by atoms with E-state index in [4.69, 9.17) is 0 Å². The number of pyridine rings is 1. The average Bonchev–Trinajstić information content (AvgIpc) is 2.64. The minimum Gasteiger partial charge on any atom is -0.370 e. The summed E-state index contributed by atoms with van der Waals surface area (Å²) in [4.78, 5) is 7.02. The predicted octanol–water partition coefficient (Wildman–Crippen LogP) is 3.67. The molecule has 2 heterocycles. The largest absolute Gasteiger partial charge is 0.370 e. The molecule has 1 N–H and O–H groups in total. The number of nitrogens with zero attached hydrogens (tertiary/aromatic N) is 2. The summed E-state index contributed by atoms with van der Waals surface area (Å²) in [5.74, 6) is 1.00. The molecule has 1 fully saturated rings. The van der Waals surface area contributed by atoms with Crippen LogP contribution in [0, 0.1) is 0 Å². The van der Waals surface area contributed by atoms with Gasteiger partial charge in [-0.15, -0.1) is 0 Å². The van der Waals surface area contributed by atoms with Crippen molar-refractivity contribution in [3.8, 4) is 0 Å². The van der Waals surface area contributed by atoms with Crippen LogP contribution in [0.15, 0.2) is 18.3 Å². The Bertz CT molecular complexity index is 378. The quantitative estimate of drug-likeness (QED) is 0.876. The van der Waals surface area contributed by atoms with E-state index >= 15 is 0 Å². The maximum Gasteiger partial charge on any atom is 0.126 e. The van der Waals surface area contributed by atoms with Crippen molar-refractivity contribution >= 4 is 5.82 Å². The monoisotopic (exact) mass is 261 g/mol. The standard InChI is InChI=1S/C16H27N3/c1-3-15-8-6-5-7-11-19(15)13-14-9-10-18-16(12-14)17-4-2/h9-10,12,15H,3-8,11,13H2,1-2H3,(H,17,18). The van der Waals surface area contributed by atoms with Gasteiger partial charge >= 0.3 is 0 Å². The second-order valence-corrected chi connectivity index (χ2v) is 5.46. The van der Waals surface area contributed by atoms with Gasteiger partial charge in [0.05, 0.1) is 0 Å². The van der Waals surface area contributed by atoms with Crippen molar-refractivity contribution in [2.45, 2.75) is 58.5 Å². The number of rotatable bonds is 5. The number of likely N-dealkylation sites (tertiary alicyclic amines) is 1.